The maximum atomic E-state index is 9.66. The van der Waals surface area contributed by atoms with Crippen LogP contribution in [0.2, 0.25) is 0 Å². The highest BCUT2D eigenvalue weighted by Crippen LogP contribution is 2.25. The first-order valence-corrected chi connectivity index (χ1v) is 8.08. The fourth-order valence-electron chi connectivity index (χ4n) is 3.12. The normalized spacial score (nSPS) is 15.0. The molecule has 1 fully saturated rings. The van der Waals surface area contributed by atoms with Crippen LogP contribution in [0.4, 0.5) is 11.5 Å². The second-order valence-corrected chi connectivity index (χ2v) is 6.01. The standard InChI is InChI=1S/C18H19N5O/c1-13-5-6-16-17(21-13)18(20-12-19-16)23-9-7-22(8-10-23)14-3-2-4-15(24)11-14/h2-6,11-12,24H,7-10H2,1H3. The Hall–Kier alpha value is -2.89. The molecule has 0 radical (unpaired) electrons. The third-order valence-electron chi connectivity index (χ3n) is 4.38. The van der Waals surface area contributed by atoms with Crippen LogP contribution in [0.1, 0.15) is 5.69 Å². The van der Waals surface area contributed by atoms with Gasteiger partial charge in [0.1, 0.15) is 17.6 Å². The van der Waals surface area contributed by atoms with E-state index in [9.17, 15) is 5.11 Å². The van der Waals surface area contributed by atoms with Gasteiger partial charge in [0.2, 0.25) is 0 Å². The van der Waals surface area contributed by atoms with Gasteiger partial charge in [-0.05, 0) is 31.2 Å². The van der Waals surface area contributed by atoms with Gasteiger partial charge in [-0.1, -0.05) is 6.07 Å². The summed E-state index contributed by atoms with van der Waals surface area (Å²) in [4.78, 5) is 18.0. The molecular formula is C18H19N5O. The Morgan fingerprint density at radius 3 is 2.54 bits per heavy atom. The van der Waals surface area contributed by atoms with Crippen molar-refractivity contribution in [3.8, 4) is 5.75 Å². The van der Waals surface area contributed by atoms with E-state index >= 15 is 0 Å². The van der Waals surface area contributed by atoms with Gasteiger partial charge in [-0.2, -0.15) is 0 Å². The number of hydrogen-bond donors (Lipinski definition) is 1. The van der Waals surface area contributed by atoms with E-state index in [1.54, 1.807) is 18.5 Å². The van der Waals surface area contributed by atoms with Crippen molar-refractivity contribution in [1.82, 2.24) is 15.0 Å². The van der Waals surface area contributed by atoms with Crippen LogP contribution in [0.3, 0.4) is 0 Å². The maximum absolute atomic E-state index is 9.66. The van der Waals surface area contributed by atoms with Crippen molar-refractivity contribution in [1.29, 1.82) is 0 Å². The molecule has 1 aromatic carbocycles. The molecule has 0 aliphatic carbocycles. The van der Waals surface area contributed by atoms with Gasteiger partial charge >= 0.3 is 0 Å². The molecule has 0 spiro atoms. The van der Waals surface area contributed by atoms with E-state index in [1.165, 1.54) is 0 Å². The highest BCUT2D eigenvalue weighted by molar-refractivity contribution is 5.85. The fourth-order valence-corrected chi connectivity index (χ4v) is 3.12. The van der Waals surface area contributed by atoms with Gasteiger partial charge in [-0.15, -0.1) is 0 Å². The smallest absolute Gasteiger partial charge is 0.158 e. The van der Waals surface area contributed by atoms with Crippen LogP contribution < -0.4 is 9.80 Å². The molecule has 6 nitrogen and oxygen atoms in total. The number of rotatable bonds is 2. The first-order chi connectivity index (χ1) is 11.7. The zero-order valence-corrected chi connectivity index (χ0v) is 13.6. The molecular weight excluding hydrogens is 302 g/mol. The molecule has 1 saturated heterocycles. The number of phenols is 1. The number of aromatic hydroxyl groups is 1. The third kappa shape index (κ3) is 2.71. The topological polar surface area (TPSA) is 65.4 Å². The lowest BCUT2D eigenvalue weighted by Crippen LogP contribution is -2.47. The van der Waals surface area contributed by atoms with E-state index in [4.69, 9.17) is 0 Å². The predicted molar refractivity (Wildman–Crippen MR) is 94.6 cm³/mol. The molecule has 4 rings (SSSR count). The molecule has 6 heteroatoms. The number of hydrogen-bond acceptors (Lipinski definition) is 6. The van der Waals surface area contributed by atoms with Crippen LogP contribution in [0.5, 0.6) is 5.75 Å². The molecule has 1 aliphatic rings. The Morgan fingerprint density at radius 2 is 1.75 bits per heavy atom. The summed E-state index contributed by atoms with van der Waals surface area (Å²) < 4.78 is 0. The van der Waals surface area contributed by atoms with Gasteiger partial charge < -0.3 is 14.9 Å². The van der Waals surface area contributed by atoms with Crippen LogP contribution in [-0.2, 0) is 0 Å². The Balaban J connectivity index is 1.57. The Kier molecular flexibility index (Phi) is 3.65. The summed E-state index contributed by atoms with van der Waals surface area (Å²) in [5.41, 5.74) is 3.76. The zero-order valence-electron chi connectivity index (χ0n) is 13.6. The predicted octanol–water partition coefficient (Wildman–Crippen LogP) is 2.37. The van der Waals surface area contributed by atoms with Crippen molar-refractivity contribution in [3.63, 3.8) is 0 Å². The lowest BCUT2D eigenvalue weighted by molar-refractivity contribution is 0.475. The molecule has 1 N–H and O–H groups in total. The molecule has 0 amide bonds. The largest absolute Gasteiger partial charge is 0.508 e. The number of nitrogens with zero attached hydrogens (tertiary/aromatic N) is 5. The summed E-state index contributed by atoms with van der Waals surface area (Å²) in [7, 11) is 0. The number of benzene rings is 1. The molecule has 122 valence electrons. The zero-order chi connectivity index (χ0) is 16.5. The Bertz CT molecular complexity index is 874. The van der Waals surface area contributed by atoms with E-state index < -0.39 is 0 Å². The summed E-state index contributed by atoms with van der Waals surface area (Å²) in [6.07, 6.45) is 1.61. The minimum atomic E-state index is 0.302. The first kappa shape index (κ1) is 14.7. The molecule has 2 aromatic heterocycles. The number of anilines is 2. The Morgan fingerprint density at radius 1 is 0.958 bits per heavy atom. The van der Waals surface area contributed by atoms with Crippen LogP contribution in [0.15, 0.2) is 42.7 Å². The van der Waals surface area contributed by atoms with Crippen molar-refractivity contribution in [3.05, 3.63) is 48.4 Å². The van der Waals surface area contributed by atoms with Gasteiger partial charge in [-0.25, -0.2) is 15.0 Å². The molecule has 0 bridgehead atoms. The molecule has 3 aromatic rings. The highest BCUT2D eigenvalue weighted by atomic mass is 16.3. The summed E-state index contributed by atoms with van der Waals surface area (Å²) >= 11 is 0. The van der Waals surface area contributed by atoms with Gasteiger partial charge in [0.15, 0.2) is 5.82 Å². The van der Waals surface area contributed by atoms with E-state index in [1.807, 2.05) is 31.2 Å². The quantitative estimate of drug-likeness (QED) is 0.782. The summed E-state index contributed by atoms with van der Waals surface area (Å²) in [6, 6.07) is 11.4. The van der Waals surface area contributed by atoms with Crippen LogP contribution >= 0.6 is 0 Å². The molecule has 0 atom stereocenters. The van der Waals surface area contributed by atoms with E-state index in [2.05, 4.69) is 24.8 Å². The second-order valence-electron chi connectivity index (χ2n) is 6.01. The molecule has 1 aliphatic heterocycles. The molecule has 0 saturated carbocycles. The second kappa shape index (κ2) is 5.96. The number of aryl methyl sites for hydroxylation is 1. The molecule has 3 heterocycles. The average molecular weight is 321 g/mol. The van der Waals surface area contributed by atoms with Crippen molar-refractivity contribution in [2.75, 3.05) is 36.0 Å². The maximum Gasteiger partial charge on any atom is 0.158 e. The third-order valence-corrected chi connectivity index (χ3v) is 4.38. The van der Waals surface area contributed by atoms with Gasteiger partial charge in [-0.3, -0.25) is 0 Å². The van der Waals surface area contributed by atoms with Crippen LogP contribution in [-0.4, -0.2) is 46.2 Å². The van der Waals surface area contributed by atoms with Crippen molar-refractivity contribution < 1.29 is 5.11 Å². The van der Waals surface area contributed by atoms with Crippen LogP contribution in [0.25, 0.3) is 11.0 Å². The molecule has 24 heavy (non-hydrogen) atoms. The summed E-state index contributed by atoms with van der Waals surface area (Å²) in [5, 5.41) is 9.66. The molecule has 0 unspecified atom stereocenters. The number of fused-ring (bicyclic) bond motifs is 1. The summed E-state index contributed by atoms with van der Waals surface area (Å²) in [6.45, 7) is 5.45. The number of aromatic nitrogens is 3. The SMILES string of the molecule is Cc1ccc2ncnc(N3CCN(c4cccc(O)c4)CC3)c2n1. The van der Waals surface area contributed by atoms with Crippen molar-refractivity contribution >= 4 is 22.5 Å². The first-order valence-electron chi connectivity index (χ1n) is 8.08. The van der Waals surface area contributed by atoms with Gasteiger partial charge in [0.05, 0.1) is 5.52 Å². The number of phenolic OH excluding ortho intramolecular Hbond substituents is 1. The van der Waals surface area contributed by atoms with E-state index in [-0.39, 0.29) is 0 Å². The van der Waals surface area contributed by atoms with Crippen LogP contribution in [0, 0.1) is 6.92 Å². The minimum absolute atomic E-state index is 0.302. The fraction of sp³-hybridized carbons (Fsp3) is 0.278. The van der Waals surface area contributed by atoms with E-state index in [0.29, 0.717) is 5.75 Å². The van der Waals surface area contributed by atoms with E-state index in [0.717, 1.165) is 54.4 Å². The van der Waals surface area contributed by atoms with Crippen molar-refractivity contribution in [2.24, 2.45) is 0 Å². The lowest BCUT2D eigenvalue weighted by atomic mass is 10.2. The highest BCUT2D eigenvalue weighted by Gasteiger charge is 2.21. The monoisotopic (exact) mass is 321 g/mol. The van der Waals surface area contributed by atoms with Crippen molar-refractivity contribution in [2.45, 2.75) is 6.92 Å². The Labute approximate surface area is 140 Å². The minimum Gasteiger partial charge on any atom is -0.508 e. The van der Waals surface area contributed by atoms with Gasteiger partial charge in [0, 0.05) is 43.6 Å². The number of pyridine rings is 1. The number of piperazine rings is 1. The van der Waals surface area contributed by atoms with Gasteiger partial charge in [0.25, 0.3) is 0 Å². The lowest BCUT2D eigenvalue weighted by Gasteiger charge is -2.36. The summed E-state index contributed by atoms with van der Waals surface area (Å²) in [5.74, 6) is 1.20. The average Bonchev–Trinajstić information content (AvgIpc) is 2.61.